The predicted octanol–water partition coefficient (Wildman–Crippen LogP) is 1.45. The van der Waals surface area contributed by atoms with Crippen LogP contribution in [0.4, 0.5) is 8.78 Å². The second kappa shape index (κ2) is 4.69. The van der Waals surface area contributed by atoms with Gasteiger partial charge in [-0.2, -0.15) is 5.10 Å². The molecule has 0 aliphatic carbocycles. The van der Waals surface area contributed by atoms with Gasteiger partial charge in [0, 0.05) is 12.0 Å². The summed E-state index contributed by atoms with van der Waals surface area (Å²) in [6, 6.07) is 0. The van der Waals surface area contributed by atoms with Crippen LogP contribution in [0.25, 0.3) is 0 Å². The lowest BCUT2D eigenvalue weighted by molar-refractivity contribution is -0.132. The van der Waals surface area contributed by atoms with Crippen molar-refractivity contribution in [1.29, 1.82) is 0 Å². The summed E-state index contributed by atoms with van der Waals surface area (Å²) >= 11 is 0. The van der Waals surface area contributed by atoms with Crippen molar-refractivity contribution >= 4 is 6.47 Å². The maximum absolute atomic E-state index is 12.3. The number of aromatic nitrogens is 2. The number of carbonyl (C=O) groups is 1. The first-order valence-corrected chi connectivity index (χ1v) is 4.04. The molecule has 1 heterocycles. The Morgan fingerprint density at radius 1 is 1.71 bits per heavy atom. The van der Waals surface area contributed by atoms with Gasteiger partial charge in [0.05, 0.1) is 6.20 Å². The van der Waals surface area contributed by atoms with Gasteiger partial charge < -0.3 is 4.74 Å². The zero-order valence-electron chi connectivity index (χ0n) is 7.54. The summed E-state index contributed by atoms with van der Waals surface area (Å²) in [6.07, 6.45) is -1.47. The van der Waals surface area contributed by atoms with Crippen LogP contribution in [0.15, 0.2) is 6.20 Å². The minimum absolute atomic E-state index is 0.216. The molecule has 0 saturated carbocycles. The number of aromatic amines is 1. The Hall–Kier alpha value is -1.46. The van der Waals surface area contributed by atoms with E-state index in [4.69, 9.17) is 0 Å². The van der Waals surface area contributed by atoms with Gasteiger partial charge in [0.15, 0.2) is 0 Å². The van der Waals surface area contributed by atoms with Crippen molar-refractivity contribution in [2.45, 2.75) is 25.9 Å². The quantitative estimate of drug-likeness (QED) is 0.738. The first-order chi connectivity index (χ1) is 6.65. The third kappa shape index (κ3) is 2.51. The first kappa shape index (κ1) is 10.6. The molecule has 0 aliphatic rings. The Labute approximate surface area is 79.3 Å². The fourth-order valence-corrected chi connectivity index (χ4v) is 1.13. The summed E-state index contributed by atoms with van der Waals surface area (Å²) in [5.74, 6) is 0. The van der Waals surface area contributed by atoms with E-state index in [1.807, 2.05) is 0 Å². The molecule has 0 aromatic carbocycles. The van der Waals surface area contributed by atoms with Gasteiger partial charge in [-0.25, -0.2) is 8.78 Å². The molecule has 0 fully saturated rings. The molecule has 0 aliphatic heterocycles. The van der Waals surface area contributed by atoms with Crippen LogP contribution in [0.3, 0.4) is 0 Å². The number of ether oxygens (including phenoxy) is 1. The Bertz CT molecular complexity index is 301. The normalized spacial score (nSPS) is 12.9. The van der Waals surface area contributed by atoms with Crippen LogP contribution in [-0.2, 0) is 16.0 Å². The van der Waals surface area contributed by atoms with Crippen molar-refractivity contribution in [2.24, 2.45) is 0 Å². The minimum atomic E-state index is -2.59. The topological polar surface area (TPSA) is 55.0 Å². The van der Waals surface area contributed by atoms with E-state index in [9.17, 15) is 13.6 Å². The second-order valence-electron chi connectivity index (χ2n) is 2.86. The number of alkyl halides is 2. The zero-order chi connectivity index (χ0) is 10.6. The SMILES string of the molecule is CC(Cc1cn[nH]c1C(F)F)OC=O. The Morgan fingerprint density at radius 2 is 2.43 bits per heavy atom. The fourth-order valence-electron chi connectivity index (χ4n) is 1.13. The molecule has 0 radical (unpaired) electrons. The summed E-state index contributed by atoms with van der Waals surface area (Å²) in [4.78, 5) is 9.97. The van der Waals surface area contributed by atoms with E-state index in [2.05, 4.69) is 14.9 Å². The average molecular weight is 204 g/mol. The van der Waals surface area contributed by atoms with Crippen molar-refractivity contribution in [3.63, 3.8) is 0 Å². The highest BCUT2D eigenvalue weighted by Gasteiger charge is 2.17. The molecule has 1 unspecified atom stereocenters. The largest absolute Gasteiger partial charge is 0.465 e. The zero-order valence-corrected chi connectivity index (χ0v) is 7.54. The van der Waals surface area contributed by atoms with Gasteiger partial charge >= 0.3 is 0 Å². The summed E-state index contributed by atoms with van der Waals surface area (Å²) < 4.78 is 29.2. The number of rotatable bonds is 5. The van der Waals surface area contributed by atoms with Crippen molar-refractivity contribution in [1.82, 2.24) is 10.2 Å². The molecule has 1 atom stereocenters. The number of hydrogen-bond acceptors (Lipinski definition) is 3. The summed E-state index contributed by atoms with van der Waals surface area (Å²) in [6.45, 7) is 1.92. The van der Waals surface area contributed by atoms with Crippen LogP contribution in [0.1, 0.15) is 24.6 Å². The number of nitrogens with one attached hydrogen (secondary N) is 1. The number of carbonyl (C=O) groups excluding carboxylic acids is 1. The van der Waals surface area contributed by atoms with Crippen LogP contribution in [0, 0.1) is 0 Å². The lowest BCUT2D eigenvalue weighted by Crippen LogP contribution is -2.11. The van der Waals surface area contributed by atoms with E-state index in [1.54, 1.807) is 6.92 Å². The molecule has 1 rings (SSSR count). The lowest BCUT2D eigenvalue weighted by atomic mass is 10.1. The Balaban J connectivity index is 2.66. The van der Waals surface area contributed by atoms with Gasteiger partial charge in [-0.3, -0.25) is 9.89 Å². The summed E-state index contributed by atoms with van der Waals surface area (Å²) in [5, 5.41) is 5.72. The molecule has 0 amide bonds. The third-order valence-electron chi connectivity index (χ3n) is 1.76. The fraction of sp³-hybridized carbons (Fsp3) is 0.500. The number of H-pyrrole nitrogens is 1. The van der Waals surface area contributed by atoms with E-state index in [1.165, 1.54) is 6.20 Å². The summed E-state index contributed by atoms with van der Waals surface area (Å²) in [7, 11) is 0. The number of halogens is 2. The molecular formula is C8H10F2N2O2. The molecule has 14 heavy (non-hydrogen) atoms. The van der Waals surface area contributed by atoms with Gasteiger partial charge in [0.1, 0.15) is 11.8 Å². The highest BCUT2D eigenvalue weighted by atomic mass is 19.3. The van der Waals surface area contributed by atoms with Gasteiger partial charge in [-0.15, -0.1) is 0 Å². The Morgan fingerprint density at radius 3 is 3.00 bits per heavy atom. The van der Waals surface area contributed by atoms with E-state index in [0.29, 0.717) is 12.0 Å². The van der Waals surface area contributed by atoms with Crippen molar-refractivity contribution in [3.05, 3.63) is 17.5 Å². The highest BCUT2D eigenvalue weighted by molar-refractivity contribution is 5.37. The van der Waals surface area contributed by atoms with Gasteiger partial charge in [-0.05, 0) is 6.92 Å². The standard InChI is InChI=1S/C8H10F2N2O2/c1-5(14-4-13)2-6-3-11-12-7(6)8(9)10/h3-5,8H,2H2,1H3,(H,11,12). The van der Waals surface area contributed by atoms with Gasteiger partial charge in [0.2, 0.25) is 0 Å². The molecule has 0 saturated heterocycles. The predicted molar refractivity (Wildman–Crippen MR) is 43.9 cm³/mol. The van der Waals surface area contributed by atoms with Crippen LogP contribution >= 0.6 is 0 Å². The van der Waals surface area contributed by atoms with E-state index in [0.717, 1.165) is 0 Å². The molecule has 0 bridgehead atoms. The van der Waals surface area contributed by atoms with Gasteiger partial charge in [0.25, 0.3) is 12.9 Å². The van der Waals surface area contributed by atoms with E-state index < -0.39 is 12.5 Å². The van der Waals surface area contributed by atoms with Crippen molar-refractivity contribution in [3.8, 4) is 0 Å². The maximum atomic E-state index is 12.3. The third-order valence-corrected chi connectivity index (χ3v) is 1.76. The number of hydrogen-bond donors (Lipinski definition) is 1. The maximum Gasteiger partial charge on any atom is 0.293 e. The molecule has 78 valence electrons. The number of nitrogens with zero attached hydrogens (tertiary/aromatic N) is 1. The molecule has 6 heteroatoms. The molecule has 1 aromatic rings. The van der Waals surface area contributed by atoms with Crippen LogP contribution in [-0.4, -0.2) is 22.8 Å². The van der Waals surface area contributed by atoms with Crippen molar-refractivity contribution < 1.29 is 18.3 Å². The molecular weight excluding hydrogens is 194 g/mol. The second-order valence-corrected chi connectivity index (χ2v) is 2.86. The molecule has 1 N–H and O–H groups in total. The van der Waals surface area contributed by atoms with E-state index in [-0.39, 0.29) is 12.1 Å². The summed E-state index contributed by atoms with van der Waals surface area (Å²) in [5.41, 5.74) is 0.153. The molecule has 1 aromatic heterocycles. The first-order valence-electron chi connectivity index (χ1n) is 4.04. The lowest BCUT2D eigenvalue weighted by Gasteiger charge is -2.08. The van der Waals surface area contributed by atoms with Crippen molar-refractivity contribution in [2.75, 3.05) is 0 Å². The monoisotopic (exact) mass is 204 g/mol. The average Bonchev–Trinajstić information content (AvgIpc) is 2.52. The van der Waals surface area contributed by atoms with Crippen LogP contribution in [0.5, 0.6) is 0 Å². The highest BCUT2D eigenvalue weighted by Crippen LogP contribution is 2.21. The van der Waals surface area contributed by atoms with Gasteiger partial charge in [-0.1, -0.05) is 0 Å². The van der Waals surface area contributed by atoms with Crippen LogP contribution < -0.4 is 0 Å². The van der Waals surface area contributed by atoms with Crippen LogP contribution in [0.2, 0.25) is 0 Å². The molecule has 4 nitrogen and oxygen atoms in total. The Kier molecular flexibility index (Phi) is 3.55. The minimum Gasteiger partial charge on any atom is -0.465 e. The molecule has 0 spiro atoms. The smallest absolute Gasteiger partial charge is 0.293 e. The van der Waals surface area contributed by atoms with E-state index >= 15 is 0 Å².